The quantitative estimate of drug-likeness (QED) is 0.624. The first-order chi connectivity index (χ1) is 5.58. The number of halogens is 1. The lowest BCUT2D eigenvalue weighted by atomic mass is 10.5. The largest absolute Gasteiger partial charge is 0.213 e. The van der Waals surface area contributed by atoms with Crippen molar-refractivity contribution in [3.8, 4) is 0 Å². The van der Waals surface area contributed by atoms with Gasteiger partial charge in [0.25, 0.3) is 0 Å². The Kier molecular flexibility index (Phi) is 5.88. The maximum absolute atomic E-state index is 11.3. The number of alkyl halides is 1. The van der Waals surface area contributed by atoms with E-state index < -0.39 is 10.0 Å². The minimum Gasteiger partial charge on any atom is -0.212 e. The highest BCUT2D eigenvalue weighted by Crippen LogP contribution is 2.02. The van der Waals surface area contributed by atoms with Crippen LogP contribution >= 0.6 is 11.6 Å². The third kappa shape index (κ3) is 3.74. The van der Waals surface area contributed by atoms with Gasteiger partial charge in [0.05, 0.1) is 5.75 Å². The second kappa shape index (κ2) is 5.78. The number of sulfonamides is 1. The molecule has 0 amide bonds. The molecule has 3 nitrogen and oxygen atoms in total. The zero-order valence-electron chi connectivity index (χ0n) is 7.59. The lowest BCUT2D eigenvalue weighted by molar-refractivity contribution is 0.429. The highest BCUT2D eigenvalue weighted by atomic mass is 35.5. The molecule has 0 heterocycles. The third-order valence-corrected chi connectivity index (χ3v) is 3.88. The summed E-state index contributed by atoms with van der Waals surface area (Å²) in [6, 6.07) is 0. The van der Waals surface area contributed by atoms with Crippen LogP contribution in [0.5, 0.6) is 0 Å². The summed E-state index contributed by atoms with van der Waals surface area (Å²) in [7, 11) is -3.01. The molecule has 0 saturated carbocycles. The van der Waals surface area contributed by atoms with Crippen LogP contribution in [-0.4, -0.2) is 37.4 Å². The topological polar surface area (TPSA) is 37.4 Å². The van der Waals surface area contributed by atoms with E-state index in [0.717, 1.165) is 0 Å². The van der Waals surface area contributed by atoms with Crippen molar-refractivity contribution in [1.82, 2.24) is 4.31 Å². The second-order valence-electron chi connectivity index (χ2n) is 2.43. The Hall–Kier alpha value is 0.200. The number of hydrogen-bond acceptors (Lipinski definition) is 2. The van der Waals surface area contributed by atoms with Crippen molar-refractivity contribution in [2.45, 2.75) is 20.3 Å². The van der Waals surface area contributed by atoms with E-state index in [0.29, 0.717) is 25.4 Å². The lowest BCUT2D eigenvalue weighted by Crippen LogP contribution is -2.33. The van der Waals surface area contributed by atoms with Crippen LogP contribution in [0.1, 0.15) is 20.3 Å². The molecule has 0 aliphatic heterocycles. The maximum atomic E-state index is 11.3. The minimum atomic E-state index is -3.01. The van der Waals surface area contributed by atoms with Crippen LogP contribution in [0.4, 0.5) is 0 Å². The summed E-state index contributed by atoms with van der Waals surface area (Å²) in [5.41, 5.74) is 0. The Morgan fingerprint density at radius 3 is 2.25 bits per heavy atom. The van der Waals surface area contributed by atoms with Crippen LogP contribution in [0.25, 0.3) is 0 Å². The standard InChI is InChI=1S/C7H16ClNO2S/c1-3-9(7-5-6-8)12(10,11)4-2/h3-7H2,1-2H3. The molecule has 0 fully saturated rings. The van der Waals surface area contributed by atoms with Gasteiger partial charge in [-0.3, -0.25) is 0 Å². The molecule has 0 aromatic carbocycles. The van der Waals surface area contributed by atoms with E-state index in [2.05, 4.69) is 0 Å². The molecular formula is C7H16ClNO2S. The molecule has 12 heavy (non-hydrogen) atoms. The Morgan fingerprint density at radius 2 is 1.92 bits per heavy atom. The smallest absolute Gasteiger partial charge is 0.212 e. The summed E-state index contributed by atoms with van der Waals surface area (Å²) < 4.78 is 24.1. The van der Waals surface area contributed by atoms with E-state index in [1.165, 1.54) is 4.31 Å². The molecule has 0 aromatic heterocycles. The van der Waals surface area contributed by atoms with Crippen LogP contribution in [0, 0.1) is 0 Å². The fraction of sp³-hybridized carbons (Fsp3) is 1.00. The van der Waals surface area contributed by atoms with Gasteiger partial charge in [0.2, 0.25) is 10.0 Å². The van der Waals surface area contributed by atoms with Crippen molar-refractivity contribution in [3.63, 3.8) is 0 Å². The van der Waals surface area contributed by atoms with Gasteiger partial charge in [0.15, 0.2) is 0 Å². The second-order valence-corrected chi connectivity index (χ2v) is 5.07. The predicted molar refractivity (Wildman–Crippen MR) is 52.0 cm³/mol. The molecule has 0 saturated heterocycles. The van der Waals surface area contributed by atoms with Gasteiger partial charge in [-0.2, -0.15) is 0 Å². The van der Waals surface area contributed by atoms with Crippen molar-refractivity contribution in [1.29, 1.82) is 0 Å². The molecule has 0 spiro atoms. The van der Waals surface area contributed by atoms with Gasteiger partial charge in [-0.15, -0.1) is 11.6 Å². The van der Waals surface area contributed by atoms with Gasteiger partial charge in [0.1, 0.15) is 0 Å². The van der Waals surface area contributed by atoms with Crippen molar-refractivity contribution < 1.29 is 8.42 Å². The molecule has 0 unspecified atom stereocenters. The molecular weight excluding hydrogens is 198 g/mol. The first kappa shape index (κ1) is 12.2. The molecule has 74 valence electrons. The van der Waals surface area contributed by atoms with Crippen LogP contribution < -0.4 is 0 Å². The van der Waals surface area contributed by atoms with Gasteiger partial charge in [-0.05, 0) is 13.3 Å². The minimum absolute atomic E-state index is 0.170. The van der Waals surface area contributed by atoms with Gasteiger partial charge in [-0.1, -0.05) is 6.92 Å². The third-order valence-electron chi connectivity index (χ3n) is 1.65. The summed E-state index contributed by atoms with van der Waals surface area (Å²) in [4.78, 5) is 0. The highest BCUT2D eigenvalue weighted by molar-refractivity contribution is 7.89. The van der Waals surface area contributed by atoms with Crippen LogP contribution in [0.2, 0.25) is 0 Å². The van der Waals surface area contributed by atoms with Crippen LogP contribution in [-0.2, 0) is 10.0 Å². The first-order valence-corrected chi connectivity index (χ1v) is 6.26. The zero-order valence-corrected chi connectivity index (χ0v) is 9.16. The maximum Gasteiger partial charge on any atom is 0.213 e. The molecule has 0 radical (unpaired) electrons. The zero-order chi connectivity index (χ0) is 9.61. The fourth-order valence-corrected chi connectivity index (χ4v) is 2.20. The Labute approximate surface area is 79.8 Å². The van der Waals surface area contributed by atoms with E-state index in [-0.39, 0.29) is 5.75 Å². The van der Waals surface area contributed by atoms with Gasteiger partial charge in [0, 0.05) is 19.0 Å². The predicted octanol–water partition coefficient (Wildman–Crippen LogP) is 1.29. The number of nitrogens with zero attached hydrogens (tertiary/aromatic N) is 1. The van der Waals surface area contributed by atoms with Gasteiger partial charge in [-0.25, -0.2) is 12.7 Å². The van der Waals surface area contributed by atoms with Gasteiger partial charge < -0.3 is 0 Å². The average molecular weight is 214 g/mol. The summed E-state index contributed by atoms with van der Waals surface area (Å²) in [5.74, 6) is 0.679. The summed E-state index contributed by atoms with van der Waals surface area (Å²) in [5, 5.41) is 0. The normalized spacial score (nSPS) is 12.3. The highest BCUT2D eigenvalue weighted by Gasteiger charge is 2.16. The van der Waals surface area contributed by atoms with E-state index in [1.54, 1.807) is 6.92 Å². The summed E-state index contributed by atoms with van der Waals surface area (Å²) in [6.45, 7) is 4.56. The van der Waals surface area contributed by atoms with Crippen molar-refractivity contribution in [2.75, 3.05) is 24.7 Å². The van der Waals surface area contributed by atoms with E-state index in [9.17, 15) is 8.42 Å². The monoisotopic (exact) mass is 213 g/mol. The van der Waals surface area contributed by atoms with E-state index in [4.69, 9.17) is 11.6 Å². The molecule has 0 aromatic rings. The van der Waals surface area contributed by atoms with Crippen molar-refractivity contribution in [3.05, 3.63) is 0 Å². The molecule has 0 bridgehead atoms. The lowest BCUT2D eigenvalue weighted by Gasteiger charge is -2.18. The number of hydrogen-bond donors (Lipinski definition) is 0. The van der Waals surface area contributed by atoms with Gasteiger partial charge >= 0.3 is 0 Å². The Bertz CT molecular complexity index is 203. The van der Waals surface area contributed by atoms with Crippen LogP contribution in [0.15, 0.2) is 0 Å². The van der Waals surface area contributed by atoms with Crippen molar-refractivity contribution in [2.24, 2.45) is 0 Å². The number of rotatable bonds is 6. The molecule has 0 atom stereocenters. The molecule has 0 aliphatic carbocycles. The fourth-order valence-electron chi connectivity index (χ4n) is 0.913. The molecule has 0 aliphatic rings. The molecule has 0 N–H and O–H groups in total. The molecule has 0 rings (SSSR count). The Balaban J connectivity index is 4.15. The van der Waals surface area contributed by atoms with E-state index in [1.807, 2.05) is 6.92 Å². The van der Waals surface area contributed by atoms with Crippen molar-refractivity contribution >= 4 is 21.6 Å². The average Bonchev–Trinajstić information content (AvgIpc) is 2.05. The molecule has 5 heteroatoms. The van der Waals surface area contributed by atoms with Crippen LogP contribution in [0.3, 0.4) is 0 Å². The Morgan fingerprint density at radius 1 is 1.33 bits per heavy atom. The summed E-state index contributed by atoms with van der Waals surface area (Å²) >= 11 is 5.47. The first-order valence-electron chi connectivity index (χ1n) is 4.12. The summed E-state index contributed by atoms with van der Waals surface area (Å²) in [6.07, 6.45) is 0.717. The van der Waals surface area contributed by atoms with E-state index >= 15 is 0 Å². The SMILES string of the molecule is CCN(CCCCl)S(=O)(=O)CC.